The Morgan fingerprint density at radius 1 is 1.32 bits per heavy atom. The second-order valence-corrected chi connectivity index (χ2v) is 5.01. The Morgan fingerprint density at radius 2 is 1.95 bits per heavy atom. The van der Waals surface area contributed by atoms with Gasteiger partial charge in [-0.1, -0.05) is 30.3 Å². The molecule has 1 aromatic rings. The van der Waals surface area contributed by atoms with E-state index in [1.54, 1.807) is 6.92 Å². The van der Waals surface area contributed by atoms with Crippen LogP contribution in [0.4, 0.5) is 0 Å². The summed E-state index contributed by atoms with van der Waals surface area (Å²) < 4.78 is 0. The minimum Gasteiger partial charge on any atom is -0.332 e. The molecule has 1 aliphatic rings. The lowest BCUT2D eigenvalue weighted by molar-refractivity contribution is -0.137. The third kappa shape index (κ3) is 3.69. The molecule has 0 aromatic heterocycles. The molecule has 1 unspecified atom stereocenters. The Balaban J connectivity index is 0.00000180. The fraction of sp³-hybridized carbons (Fsp3) is 0.500. The number of rotatable bonds is 2. The third-order valence-corrected chi connectivity index (χ3v) is 3.44. The Kier molecular flexibility index (Phi) is 5.79. The van der Waals surface area contributed by atoms with E-state index in [1.165, 1.54) is 5.56 Å². The van der Waals surface area contributed by atoms with Crippen LogP contribution >= 0.6 is 12.4 Å². The Hall–Kier alpha value is -1.10. The van der Waals surface area contributed by atoms with E-state index in [2.05, 4.69) is 24.1 Å². The van der Waals surface area contributed by atoms with Crippen LogP contribution in [-0.2, 0) is 4.79 Å². The van der Waals surface area contributed by atoms with Gasteiger partial charge in [0.15, 0.2) is 0 Å². The number of benzene rings is 1. The van der Waals surface area contributed by atoms with Gasteiger partial charge in [0.2, 0.25) is 5.91 Å². The van der Waals surface area contributed by atoms with Gasteiger partial charge in [0.1, 0.15) is 0 Å². The summed E-state index contributed by atoms with van der Waals surface area (Å²) in [6.45, 7) is 4.27. The molecule has 1 heterocycles. The number of nitrogens with zero attached hydrogens (tertiary/aromatic N) is 2. The normalized spacial score (nSPS) is 21.6. The number of nitrogens with two attached hydrogens (primary N) is 1. The molecular formula is C14H22ClN3O. The van der Waals surface area contributed by atoms with E-state index in [0.29, 0.717) is 0 Å². The Morgan fingerprint density at radius 3 is 2.53 bits per heavy atom. The van der Waals surface area contributed by atoms with E-state index < -0.39 is 6.04 Å². The molecule has 2 atom stereocenters. The summed E-state index contributed by atoms with van der Waals surface area (Å²) in [5, 5.41) is 0. The topological polar surface area (TPSA) is 49.6 Å². The first kappa shape index (κ1) is 16.0. The second-order valence-electron chi connectivity index (χ2n) is 5.01. The van der Waals surface area contributed by atoms with Crippen LogP contribution in [0.3, 0.4) is 0 Å². The van der Waals surface area contributed by atoms with Crippen LogP contribution in [0.15, 0.2) is 30.3 Å². The van der Waals surface area contributed by atoms with Gasteiger partial charge in [-0.3, -0.25) is 4.79 Å². The molecule has 19 heavy (non-hydrogen) atoms. The molecule has 0 spiro atoms. The largest absolute Gasteiger partial charge is 0.332 e. The van der Waals surface area contributed by atoms with Crippen LogP contribution in [0.5, 0.6) is 0 Å². The monoisotopic (exact) mass is 283 g/mol. The van der Waals surface area contributed by atoms with E-state index >= 15 is 0 Å². The van der Waals surface area contributed by atoms with E-state index in [-0.39, 0.29) is 24.4 Å². The highest BCUT2D eigenvalue weighted by Crippen LogP contribution is 2.25. The van der Waals surface area contributed by atoms with Crippen LogP contribution in [0, 0.1) is 0 Å². The lowest BCUT2D eigenvalue weighted by Gasteiger charge is -2.41. The summed E-state index contributed by atoms with van der Waals surface area (Å²) in [5.74, 6) is 0.0388. The summed E-state index contributed by atoms with van der Waals surface area (Å²) in [6, 6.07) is 9.85. The predicted octanol–water partition coefficient (Wildman–Crippen LogP) is 1.27. The molecule has 0 saturated carbocycles. The molecular weight excluding hydrogens is 262 g/mol. The van der Waals surface area contributed by atoms with Gasteiger partial charge in [-0.25, -0.2) is 0 Å². The number of carbonyl (C=O) groups excluding carboxylic acids is 1. The van der Waals surface area contributed by atoms with Gasteiger partial charge in [0.25, 0.3) is 0 Å². The van der Waals surface area contributed by atoms with Gasteiger partial charge in [0, 0.05) is 19.6 Å². The molecule has 1 amide bonds. The molecule has 106 valence electrons. The number of hydrogen-bond acceptors (Lipinski definition) is 3. The molecule has 1 fully saturated rings. The standard InChI is InChI=1S/C14H21N3O.ClH/c1-11(15)14(18)17-9-8-16(2)10-13(17)12-6-4-3-5-7-12;/h3-7,11,13H,8-10,15H2,1-2H3;1H/t11-,13?;/m1./s1. The number of halogens is 1. The molecule has 5 heteroatoms. The molecule has 1 aromatic carbocycles. The van der Waals surface area contributed by atoms with Crippen LogP contribution in [0.1, 0.15) is 18.5 Å². The first-order chi connectivity index (χ1) is 8.59. The zero-order valence-electron chi connectivity index (χ0n) is 11.5. The first-order valence-corrected chi connectivity index (χ1v) is 6.39. The Bertz CT molecular complexity index is 410. The van der Waals surface area contributed by atoms with Crippen molar-refractivity contribution >= 4 is 18.3 Å². The lowest BCUT2D eigenvalue weighted by atomic mass is 10.0. The Labute approximate surface area is 121 Å². The van der Waals surface area contributed by atoms with Crippen LogP contribution in [-0.4, -0.2) is 48.4 Å². The van der Waals surface area contributed by atoms with Crippen molar-refractivity contribution < 1.29 is 4.79 Å². The van der Waals surface area contributed by atoms with Gasteiger partial charge >= 0.3 is 0 Å². The quantitative estimate of drug-likeness (QED) is 0.889. The summed E-state index contributed by atoms with van der Waals surface area (Å²) in [6.07, 6.45) is 0. The van der Waals surface area contributed by atoms with Crippen molar-refractivity contribution in [3.05, 3.63) is 35.9 Å². The van der Waals surface area contributed by atoms with E-state index in [1.807, 2.05) is 23.1 Å². The van der Waals surface area contributed by atoms with Gasteiger partial charge in [-0.2, -0.15) is 0 Å². The van der Waals surface area contributed by atoms with Crippen LogP contribution in [0.25, 0.3) is 0 Å². The number of likely N-dealkylation sites (N-methyl/N-ethyl adjacent to an activating group) is 1. The minimum absolute atomic E-state index is 0. The maximum atomic E-state index is 12.2. The highest BCUT2D eigenvalue weighted by molar-refractivity contribution is 5.85. The average Bonchev–Trinajstić information content (AvgIpc) is 2.39. The summed E-state index contributed by atoms with van der Waals surface area (Å²) >= 11 is 0. The number of amides is 1. The van der Waals surface area contributed by atoms with E-state index in [9.17, 15) is 4.79 Å². The van der Waals surface area contributed by atoms with Gasteiger partial charge in [0.05, 0.1) is 12.1 Å². The fourth-order valence-corrected chi connectivity index (χ4v) is 2.41. The molecule has 2 N–H and O–H groups in total. The maximum Gasteiger partial charge on any atom is 0.239 e. The summed E-state index contributed by atoms with van der Waals surface area (Å²) in [7, 11) is 2.09. The molecule has 0 radical (unpaired) electrons. The van der Waals surface area contributed by atoms with E-state index in [0.717, 1.165) is 19.6 Å². The summed E-state index contributed by atoms with van der Waals surface area (Å²) in [4.78, 5) is 16.3. The zero-order chi connectivity index (χ0) is 13.1. The van der Waals surface area contributed by atoms with Gasteiger partial charge in [-0.05, 0) is 19.5 Å². The van der Waals surface area contributed by atoms with Gasteiger partial charge < -0.3 is 15.5 Å². The summed E-state index contributed by atoms with van der Waals surface area (Å²) in [5.41, 5.74) is 6.92. The molecule has 0 bridgehead atoms. The number of piperazine rings is 1. The first-order valence-electron chi connectivity index (χ1n) is 6.39. The average molecular weight is 284 g/mol. The number of hydrogen-bond donors (Lipinski definition) is 1. The number of carbonyl (C=O) groups is 1. The van der Waals surface area contributed by atoms with Crippen LogP contribution in [0.2, 0.25) is 0 Å². The molecule has 1 aliphatic heterocycles. The second kappa shape index (κ2) is 6.89. The van der Waals surface area contributed by atoms with Gasteiger partial charge in [-0.15, -0.1) is 12.4 Å². The fourth-order valence-electron chi connectivity index (χ4n) is 2.41. The highest BCUT2D eigenvalue weighted by atomic mass is 35.5. The molecule has 1 saturated heterocycles. The van der Waals surface area contributed by atoms with Crippen molar-refractivity contribution in [3.8, 4) is 0 Å². The maximum absolute atomic E-state index is 12.2. The van der Waals surface area contributed by atoms with Crippen molar-refractivity contribution in [1.29, 1.82) is 0 Å². The van der Waals surface area contributed by atoms with Crippen molar-refractivity contribution in [3.63, 3.8) is 0 Å². The predicted molar refractivity (Wildman–Crippen MR) is 79.3 cm³/mol. The van der Waals surface area contributed by atoms with E-state index in [4.69, 9.17) is 5.73 Å². The van der Waals surface area contributed by atoms with Crippen molar-refractivity contribution in [2.24, 2.45) is 5.73 Å². The molecule has 2 rings (SSSR count). The molecule has 0 aliphatic carbocycles. The third-order valence-electron chi connectivity index (χ3n) is 3.44. The van der Waals surface area contributed by atoms with Crippen molar-refractivity contribution in [1.82, 2.24) is 9.80 Å². The highest BCUT2D eigenvalue weighted by Gasteiger charge is 2.31. The minimum atomic E-state index is -0.431. The lowest BCUT2D eigenvalue weighted by Crippen LogP contribution is -2.53. The zero-order valence-corrected chi connectivity index (χ0v) is 12.3. The van der Waals surface area contributed by atoms with Crippen LogP contribution < -0.4 is 5.73 Å². The molecule has 4 nitrogen and oxygen atoms in total. The van der Waals surface area contributed by atoms with Crippen molar-refractivity contribution in [2.75, 3.05) is 26.7 Å². The van der Waals surface area contributed by atoms with Crippen molar-refractivity contribution in [2.45, 2.75) is 19.0 Å². The SMILES string of the molecule is C[C@@H](N)C(=O)N1CCN(C)CC1c1ccccc1.Cl. The smallest absolute Gasteiger partial charge is 0.239 e.